The summed E-state index contributed by atoms with van der Waals surface area (Å²) in [6, 6.07) is 8.68. The maximum absolute atomic E-state index is 12.6. The van der Waals surface area contributed by atoms with Crippen LogP contribution in [0.15, 0.2) is 44.4 Å². The number of aromatic nitrogens is 2. The molecule has 8 heteroatoms. The summed E-state index contributed by atoms with van der Waals surface area (Å²) in [6.07, 6.45) is 5.89. The first-order valence-corrected chi connectivity index (χ1v) is 11.3. The van der Waals surface area contributed by atoms with Crippen molar-refractivity contribution in [2.24, 2.45) is 4.40 Å². The third-order valence-corrected chi connectivity index (χ3v) is 7.24. The molecule has 1 fully saturated rings. The standard InChI is InChI=1S/C20H22N4O3S/c25-19-12-14-6-1-3-9-17(14)21-24(19)13-15-7-5-11-23(15)20-16-8-2-4-10-18(16)28(26,27)22-20/h2,4,8,10,12,15H,1,3,5-7,9,11,13H2. The summed E-state index contributed by atoms with van der Waals surface area (Å²) >= 11 is 0. The lowest BCUT2D eigenvalue weighted by Gasteiger charge is -2.27. The molecule has 0 amide bonds. The highest BCUT2D eigenvalue weighted by Gasteiger charge is 2.36. The SMILES string of the molecule is O=c1cc2c(nn1CC1CCCN1C1=NS(=O)(=O)c3ccccc31)CCCC2. The van der Waals surface area contributed by atoms with E-state index < -0.39 is 10.0 Å². The summed E-state index contributed by atoms with van der Waals surface area (Å²) in [4.78, 5) is 14.9. The highest BCUT2D eigenvalue weighted by atomic mass is 32.2. The summed E-state index contributed by atoms with van der Waals surface area (Å²) < 4.78 is 30.5. The van der Waals surface area contributed by atoms with Crippen LogP contribution < -0.4 is 5.56 Å². The maximum Gasteiger partial charge on any atom is 0.285 e. The summed E-state index contributed by atoms with van der Waals surface area (Å²) in [5.41, 5.74) is 2.69. The van der Waals surface area contributed by atoms with Crippen molar-refractivity contribution >= 4 is 15.9 Å². The average molecular weight is 398 g/mol. The second-order valence-corrected chi connectivity index (χ2v) is 9.29. The van der Waals surface area contributed by atoms with Gasteiger partial charge in [-0.05, 0) is 56.2 Å². The van der Waals surface area contributed by atoms with Crippen LogP contribution in [0.2, 0.25) is 0 Å². The lowest BCUT2D eigenvalue weighted by Crippen LogP contribution is -2.41. The Kier molecular flexibility index (Phi) is 4.12. The van der Waals surface area contributed by atoms with E-state index in [0.717, 1.165) is 56.3 Å². The molecule has 2 aliphatic heterocycles. The minimum Gasteiger partial charge on any atom is -0.351 e. The Morgan fingerprint density at radius 3 is 2.82 bits per heavy atom. The molecule has 28 heavy (non-hydrogen) atoms. The number of amidine groups is 1. The third-order valence-electron chi connectivity index (χ3n) is 5.92. The van der Waals surface area contributed by atoms with Crippen LogP contribution in [0, 0.1) is 0 Å². The number of aryl methyl sites for hydroxylation is 2. The first kappa shape index (κ1) is 17.6. The largest absolute Gasteiger partial charge is 0.351 e. The zero-order chi connectivity index (χ0) is 19.3. The van der Waals surface area contributed by atoms with Crippen molar-refractivity contribution in [3.8, 4) is 0 Å². The highest BCUT2D eigenvalue weighted by Crippen LogP contribution is 2.31. The monoisotopic (exact) mass is 398 g/mol. The highest BCUT2D eigenvalue weighted by molar-refractivity contribution is 7.90. The molecule has 2 aromatic rings. The normalized spacial score (nSPS) is 22.6. The van der Waals surface area contributed by atoms with Crippen molar-refractivity contribution < 1.29 is 8.42 Å². The summed E-state index contributed by atoms with van der Waals surface area (Å²) in [5.74, 6) is 0.504. The van der Waals surface area contributed by atoms with Crippen molar-refractivity contribution in [2.75, 3.05) is 6.54 Å². The Labute approximate surface area is 163 Å². The van der Waals surface area contributed by atoms with Crippen molar-refractivity contribution in [3.63, 3.8) is 0 Å². The van der Waals surface area contributed by atoms with Crippen molar-refractivity contribution in [2.45, 2.75) is 56.0 Å². The maximum atomic E-state index is 12.6. The predicted octanol–water partition coefficient (Wildman–Crippen LogP) is 1.74. The van der Waals surface area contributed by atoms with E-state index in [-0.39, 0.29) is 16.5 Å². The molecule has 0 radical (unpaired) electrons. The summed E-state index contributed by atoms with van der Waals surface area (Å²) in [5, 5.41) is 4.63. The number of sulfonamides is 1. The Balaban J connectivity index is 1.47. The van der Waals surface area contributed by atoms with Crippen LogP contribution >= 0.6 is 0 Å². The minimum absolute atomic E-state index is 0.00643. The number of rotatable bonds is 2. The van der Waals surface area contributed by atoms with Gasteiger partial charge in [-0.2, -0.15) is 13.5 Å². The van der Waals surface area contributed by atoms with Crippen LogP contribution in [0.3, 0.4) is 0 Å². The number of nitrogens with zero attached hydrogens (tertiary/aromatic N) is 4. The second kappa shape index (κ2) is 6.55. The van der Waals surface area contributed by atoms with E-state index in [2.05, 4.69) is 9.50 Å². The molecule has 3 heterocycles. The molecule has 146 valence electrons. The van der Waals surface area contributed by atoms with E-state index >= 15 is 0 Å². The molecule has 0 spiro atoms. The van der Waals surface area contributed by atoms with Gasteiger partial charge in [0.25, 0.3) is 15.6 Å². The Morgan fingerprint density at radius 1 is 1.11 bits per heavy atom. The van der Waals surface area contributed by atoms with Gasteiger partial charge in [0.05, 0.1) is 18.3 Å². The fourth-order valence-electron chi connectivity index (χ4n) is 4.53. The van der Waals surface area contributed by atoms with Crippen LogP contribution in [0.4, 0.5) is 0 Å². The van der Waals surface area contributed by atoms with Gasteiger partial charge in [0.2, 0.25) is 0 Å². The Hall–Kier alpha value is -2.48. The van der Waals surface area contributed by atoms with Gasteiger partial charge in [-0.15, -0.1) is 4.40 Å². The van der Waals surface area contributed by atoms with E-state index in [9.17, 15) is 13.2 Å². The van der Waals surface area contributed by atoms with E-state index in [1.54, 1.807) is 28.9 Å². The molecule has 7 nitrogen and oxygen atoms in total. The van der Waals surface area contributed by atoms with Crippen molar-refractivity contribution in [1.82, 2.24) is 14.7 Å². The van der Waals surface area contributed by atoms with E-state index in [4.69, 9.17) is 0 Å². The van der Waals surface area contributed by atoms with Gasteiger partial charge in [0.15, 0.2) is 5.84 Å². The fraction of sp³-hybridized carbons (Fsp3) is 0.450. The van der Waals surface area contributed by atoms with Crippen LogP contribution in [0.25, 0.3) is 0 Å². The van der Waals surface area contributed by atoms with Gasteiger partial charge >= 0.3 is 0 Å². The van der Waals surface area contributed by atoms with Gasteiger partial charge < -0.3 is 4.90 Å². The van der Waals surface area contributed by atoms with Crippen molar-refractivity contribution in [3.05, 3.63) is 57.5 Å². The van der Waals surface area contributed by atoms with Gasteiger partial charge in [0.1, 0.15) is 4.90 Å². The number of hydrogen-bond acceptors (Lipinski definition) is 5. The molecule has 0 N–H and O–H groups in total. The number of likely N-dealkylation sites (tertiary alicyclic amines) is 1. The van der Waals surface area contributed by atoms with Gasteiger partial charge in [-0.3, -0.25) is 4.79 Å². The second-order valence-electron chi connectivity index (χ2n) is 7.72. The summed E-state index contributed by atoms with van der Waals surface area (Å²) in [6.45, 7) is 1.18. The predicted molar refractivity (Wildman–Crippen MR) is 105 cm³/mol. The van der Waals surface area contributed by atoms with E-state index in [0.29, 0.717) is 17.9 Å². The molecular weight excluding hydrogens is 376 g/mol. The number of fused-ring (bicyclic) bond motifs is 2. The molecule has 1 aromatic heterocycles. The van der Waals surface area contributed by atoms with Crippen molar-refractivity contribution in [1.29, 1.82) is 0 Å². The molecule has 5 rings (SSSR count). The molecule has 0 bridgehead atoms. The quantitative estimate of drug-likeness (QED) is 0.769. The van der Waals surface area contributed by atoms with Gasteiger partial charge in [0, 0.05) is 18.2 Å². The first-order valence-electron chi connectivity index (χ1n) is 9.84. The van der Waals surface area contributed by atoms with Crippen LogP contribution in [0.1, 0.15) is 42.5 Å². The minimum atomic E-state index is -3.65. The summed E-state index contributed by atoms with van der Waals surface area (Å²) in [7, 11) is -3.65. The van der Waals surface area contributed by atoms with Gasteiger partial charge in [-0.25, -0.2) is 4.68 Å². The van der Waals surface area contributed by atoms with Crippen LogP contribution in [0.5, 0.6) is 0 Å². The molecule has 0 saturated carbocycles. The Bertz CT molecular complexity index is 1140. The zero-order valence-corrected chi connectivity index (χ0v) is 16.4. The molecule has 1 aliphatic carbocycles. The van der Waals surface area contributed by atoms with E-state index in [1.165, 1.54) is 0 Å². The number of benzene rings is 1. The zero-order valence-electron chi connectivity index (χ0n) is 15.5. The fourth-order valence-corrected chi connectivity index (χ4v) is 5.75. The molecular formula is C20H22N4O3S. The molecule has 1 aromatic carbocycles. The van der Waals surface area contributed by atoms with Crippen LogP contribution in [-0.2, 0) is 29.4 Å². The topological polar surface area (TPSA) is 84.6 Å². The smallest absolute Gasteiger partial charge is 0.285 e. The molecule has 1 saturated heterocycles. The molecule has 1 atom stereocenters. The molecule has 3 aliphatic rings. The third kappa shape index (κ3) is 2.87. The van der Waals surface area contributed by atoms with E-state index in [1.807, 2.05) is 11.0 Å². The lowest BCUT2D eigenvalue weighted by molar-refractivity contribution is 0.328. The average Bonchev–Trinajstić information content (AvgIpc) is 3.24. The van der Waals surface area contributed by atoms with Crippen LogP contribution in [-0.4, -0.2) is 41.5 Å². The number of hydrogen-bond donors (Lipinski definition) is 0. The molecule has 1 unspecified atom stereocenters. The first-order chi connectivity index (χ1) is 13.5. The van der Waals surface area contributed by atoms with Gasteiger partial charge in [-0.1, -0.05) is 12.1 Å². The Morgan fingerprint density at radius 2 is 1.93 bits per heavy atom. The lowest BCUT2D eigenvalue weighted by atomic mass is 9.97.